The number of aromatic nitrogens is 1. The molecule has 1 unspecified atom stereocenters. The molecule has 0 amide bonds. The summed E-state index contributed by atoms with van der Waals surface area (Å²) in [6.07, 6.45) is 1.53. The zero-order valence-electron chi connectivity index (χ0n) is 12.1. The van der Waals surface area contributed by atoms with E-state index in [1.54, 1.807) is 12.1 Å². The molecule has 2 N–H and O–H groups in total. The molecule has 0 aliphatic carbocycles. The second kappa shape index (κ2) is 5.61. The summed E-state index contributed by atoms with van der Waals surface area (Å²) in [5.74, 6) is 0.228. The Bertz CT molecular complexity index is 647. The minimum atomic E-state index is -3.84. The predicted molar refractivity (Wildman–Crippen MR) is 77.2 cm³/mol. The molecular weight excluding hydrogens is 294 g/mol. The van der Waals surface area contributed by atoms with Crippen LogP contribution in [0.5, 0.6) is 0 Å². The van der Waals surface area contributed by atoms with Crippen LogP contribution in [0.1, 0.15) is 19.8 Å². The number of anilines is 1. The monoisotopic (exact) mass is 313 g/mol. The molecule has 0 radical (unpaired) electrons. The van der Waals surface area contributed by atoms with Crippen LogP contribution in [0.15, 0.2) is 23.2 Å². The van der Waals surface area contributed by atoms with Crippen molar-refractivity contribution in [3.8, 4) is 0 Å². The van der Waals surface area contributed by atoms with Gasteiger partial charge in [0, 0.05) is 13.1 Å². The smallest absolute Gasteiger partial charge is 0.313 e. The number of pyridine rings is 1. The molecule has 0 bridgehead atoms. The van der Waals surface area contributed by atoms with Gasteiger partial charge in [0.15, 0.2) is 5.03 Å². The first-order valence-electron chi connectivity index (χ1n) is 6.59. The number of esters is 1. The summed E-state index contributed by atoms with van der Waals surface area (Å²) in [7, 11) is -2.48. The Hall–Kier alpha value is -1.67. The van der Waals surface area contributed by atoms with E-state index in [0.717, 1.165) is 12.8 Å². The number of piperidine rings is 1. The van der Waals surface area contributed by atoms with E-state index in [-0.39, 0.29) is 11.0 Å². The van der Waals surface area contributed by atoms with Crippen LogP contribution in [0.2, 0.25) is 0 Å². The summed E-state index contributed by atoms with van der Waals surface area (Å²) in [6, 6.07) is 4.64. The first-order valence-corrected chi connectivity index (χ1v) is 8.14. The zero-order chi connectivity index (χ0) is 15.7. The van der Waals surface area contributed by atoms with Crippen molar-refractivity contribution < 1.29 is 17.9 Å². The molecule has 1 saturated heterocycles. The third-order valence-electron chi connectivity index (χ3n) is 3.70. The molecule has 2 heterocycles. The Morgan fingerprint density at radius 3 is 2.81 bits per heavy atom. The van der Waals surface area contributed by atoms with E-state index < -0.39 is 15.4 Å². The van der Waals surface area contributed by atoms with Gasteiger partial charge in [-0.1, -0.05) is 6.07 Å². The molecule has 7 nitrogen and oxygen atoms in total. The lowest BCUT2D eigenvalue weighted by molar-refractivity contribution is -0.152. The maximum atomic E-state index is 11.9. The van der Waals surface area contributed by atoms with E-state index in [1.165, 1.54) is 13.2 Å². The van der Waals surface area contributed by atoms with E-state index in [2.05, 4.69) is 4.98 Å². The fourth-order valence-corrected chi connectivity index (χ4v) is 3.08. The normalized spacial score (nSPS) is 22.9. The molecule has 1 fully saturated rings. The van der Waals surface area contributed by atoms with Crippen molar-refractivity contribution >= 4 is 21.8 Å². The van der Waals surface area contributed by atoms with Crippen molar-refractivity contribution in [2.24, 2.45) is 10.6 Å². The molecule has 1 aromatic rings. The van der Waals surface area contributed by atoms with E-state index in [0.29, 0.717) is 18.9 Å². The highest BCUT2D eigenvalue weighted by molar-refractivity contribution is 7.89. The largest absolute Gasteiger partial charge is 0.469 e. The highest BCUT2D eigenvalue weighted by Crippen LogP contribution is 2.32. The Kier molecular flexibility index (Phi) is 4.20. The van der Waals surface area contributed by atoms with Crippen molar-refractivity contribution in [2.75, 3.05) is 25.1 Å². The number of ether oxygens (including phenoxy) is 1. The summed E-state index contributed by atoms with van der Waals surface area (Å²) >= 11 is 0. The van der Waals surface area contributed by atoms with Gasteiger partial charge in [-0.3, -0.25) is 4.79 Å². The van der Waals surface area contributed by atoms with Crippen LogP contribution in [0.25, 0.3) is 0 Å². The predicted octanol–water partition coefficient (Wildman–Crippen LogP) is 0.509. The van der Waals surface area contributed by atoms with E-state index in [9.17, 15) is 13.2 Å². The van der Waals surface area contributed by atoms with E-state index in [1.807, 2.05) is 11.8 Å². The standard InChI is InChI=1S/C13H19N3O4S/c1-13(12(17)20-2)7-4-8-16(9-13)10-5-3-6-11(15-10)21(14,18)19/h3,5-6H,4,7-9H2,1-2H3,(H2,14,18,19). The SMILES string of the molecule is COC(=O)C1(C)CCCN(c2cccc(S(N)(=O)=O)n2)C1. The van der Waals surface area contributed by atoms with Gasteiger partial charge in [0.05, 0.1) is 12.5 Å². The molecule has 8 heteroatoms. The van der Waals surface area contributed by atoms with Gasteiger partial charge >= 0.3 is 5.97 Å². The number of methoxy groups -OCH3 is 1. The highest BCUT2D eigenvalue weighted by Gasteiger charge is 2.39. The molecule has 1 aromatic heterocycles. The van der Waals surface area contributed by atoms with Crippen molar-refractivity contribution in [3.05, 3.63) is 18.2 Å². The van der Waals surface area contributed by atoms with Crippen molar-refractivity contribution in [3.63, 3.8) is 0 Å². The van der Waals surface area contributed by atoms with Gasteiger partial charge in [-0.2, -0.15) is 0 Å². The molecule has 2 rings (SSSR count). The third-order valence-corrected chi connectivity index (χ3v) is 4.51. The lowest BCUT2D eigenvalue weighted by Gasteiger charge is -2.39. The van der Waals surface area contributed by atoms with Crippen LogP contribution in [0.3, 0.4) is 0 Å². The van der Waals surface area contributed by atoms with Crippen molar-refractivity contribution in [1.29, 1.82) is 0 Å². The number of rotatable bonds is 3. The zero-order valence-corrected chi connectivity index (χ0v) is 12.9. The highest BCUT2D eigenvalue weighted by atomic mass is 32.2. The molecule has 1 aliphatic rings. The number of carbonyl (C=O) groups excluding carboxylic acids is 1. The fraction of sp³-hybridized carbons (Fsp3) is 0.538. The average Bonchev–Trinajstić information content (AvgIpc) is 2.45. The number of nitrogens with zero attached hydrogens (tertiary/aromatic N) is 2. The van der Waals surface area contributed by atoms with Gasteiger partial charge in [0.2, 0.25) is 0 Å². The topological polar surface area (TPSA) is 103 Å². The molecular formula is C13H19N3O4S. The number of hydrogen-bond acceptors (Lipinski definition) is 6. The number of sulfonamides is 1. The molecule has 116 valence electrons. The Balaban J connectivity index is 2.28. The van der Waals surface area contributed by atoms with Crippen molar-refractivity contribution in [1.82, 2.24) is 4.98 Å². The summed E-state index contributed by atoms with van der Waals surface area (Å²) in [6.45, 7) is 2.98. The fourth-order valence-electron chi connectivity index (χ4n) is 2.59. The minimum absolute atomic E-state index is 0.176. The molecule has 0 saturated carbocycles. The first kappa shape index (κ1) is 15.7. The Labute approximate surface area is 124 Å². The maximum absolute atomic E-state index is 11.9. The van der Waals surface area contributed by atoms with Gasteiger partial charge in [-0.15, -0.1) is 0 Å². The van der Waals surface area contributed by atoms with E-state index in [4.69, 9.17) is 9.88 Å². The van der Waals surface area contributed by atoms with Crippen LogP contribution in [-0.2, 0) is 19.6 Å². The molecule has 21 heavy (non-hydrogen) atoms. The number of carbonyl (C=O) groups is 1. The molecule has 0 aromatic carbocycles. The Morgan fingerprint density at radius 1 is 1.48 bits per heavy atom. The van der Waals surface area contributed by atoms with Crippen molar-refractivity contribution in [2.45, 2.75) is 24.8 Å². The third kappa shape index (κ3) is 3.33. The first-order chi connectivity index (χ1) is 9.76. The van der Waals surface area contributed by atoms with Gasteiger partial charge in [0.25, 0.3) is 10.0 Å². The number of nitrogens with two attached hydrogens (primary N) is 1. The van der Waals surface area contributed by atoms with Crippen LogP contribution in [0.4, 0.5) is 5.82 Å². The molecule has 1 atom stereocenters. The second-order valence-corrected chi connectivity index (χ2v) is 6.96. The van der Waals surface area contributed by atoms with Gasteiger partial charge in [-0.25, -0.2) is 18.5 Å². The minimum Gasteiger partial charge on any atom is -0.469 e. The summed E-state index contributed by atoms with van der Waals surface area (Å²) in [5, 5.41) is 4.92. The Morgan fingerprint density at radius 2 is 2.19 bits per heavy atom. The summed E-state index contributed by atoms with van der Waals surface area (Å²) in [5.41, 5.74) is -0.619. The maximum Gasteiger partial charge on any atom is 0.313 e. The lowest BCUT2D eigenvalue weighted by atomic mass is 9.82. The van der Waals surface area contributed by atoms with Gasteiger partial charge in [0.1, 0.15) is 5.82 Å². The molecule has 0 spiro atoms. The quantitative estimate of drug-likeness (QED) is 0.816. The number of primary sulfonamides is 1. The summed E-state index contributed by atoms with van der Waals surface area (Å²) in [4.78, 5) is 17.9. The lowest BCUT2D eigenvalue weighted by Crippen LogP contribution is -2.47. The van der Waals surface area contributed by atoms with E-state index >= 15 is 0 Å². The van der Waals surface area contributed by atoms with Gasteiger partial charge < -0.3 is 9.64 Å². The van der Waals surface area contributed by atoms with Gasteiger partial charge in [-0.05, 0) is 31.9 Å². The van der Waals surface area contributed by atoms with Crippen LogP contribution < -0.4 is 10.0 Å². The average molecular weight is 313 g/mol. The van der Waals surface area contributed by atoms with Crippen LogP contribution in [0, 0.1) is 5.41 Å². The summed E-state index contributed by atoms with van der Waals surface area (Å²) < 4.78 is 27.6. The molecule has 1 aliphatic heterocycles. The van der Waals surface area contributed by atoms with Crippen LogP contribution in [-0.4, -0.2) is 39.6 Å². The van der Waals surface area contributed by atoms with Crippen LogP contribution >= 0.6 is 0 Å². The number of hydrogen-bond donors (Lipinski definition) is 1. The second-order valence-electron chi connectivity index (χ2n) is 5.46.